The van der Waals surface area contributed by atoms with Gasteiger partial charge in [0.1, 0.15) is 19.3 Å². The van der Waals surface area contributed by atoms with Crippen LogP contribution in [-0.2, 0) is 65.4 Å². The Morgan fingerprint density at radius 2 is 0.545 bits per heavy atom. The Bertz CT molecular complexity index is 1710. The number of hydrogen-bond acceptors (Lipinski definition) is 15. The predicted molar refractivity (Wildman–Crippen MR) is 354 cm³/mol. The van der Waals surface area contributed by atoms with Gasteiger partial charge >= 0.3 is 39.5 Å². The molecule has 0 aliphatic carbocycles. The standard InChI is InChI=1S/C69H134O17P2/c1-6-10-13-16-19-21-22-23-24-25-26-27-28-29-30-35-40-45-50-55-69(74)86-65(59-80-67(72)53-48-43-39-34-32-31-33-37-41-46-51-62(5)9-4)61-84-88(77,78)82-57-63(70)56-81-87(75,76)83-60-64(58-79-66(71)52-47-42-36-18-15-12-8-3)85-68(73)54-49-44-38-20-17-14-11-7-2/h62-65,70H,6-61H2,1-5H3,(H,75,76)(H,77,78)/t62?,63-,64+,65+/m0/s1. The number of ether oxygens (including phenoxy) is 4. The van der Waals surface area contributed by atoms with Gasteiger partial charge in [0.05, 0.1) is 26.4 Å². The molecule has 0 aliphatic heterocycles. The van der Waals surface area contributed by atoms with Crippen molar-refractivity contribution in [3.05, 3.63) is 0 Å². The maximum Gasteiger partial charge on any atom is 0.472 e. The molecule has 3 unspecified atom stereocenters. The number of unbranched alkanes of at least 4 members (excludes halogenated alkanes) is 40. The van der Waals surface area contributed by atoms with Crippen LogP contribution in [0.3, 0.4) is 0 Å². The Morgan fingerprint density at radius 1 is 0.318 bits per heavy atom. The first-order chi connectivity index (χ1) is 42.6. The van der Waals surface area contributed by atoms with E-state index in [4.69, 9.17) is 37.0 Å². The van der Waals surface area contributed by atoms with Gasteiger partial charge in [0, 0.05) is 25.7 Å². The fraction of sp³-hybridized carbons (Fsp3) is 0.942. The van der Waals surface area contributed by atoms with Crippen molar-refractivity contribution in [3.8, 4) is 0 Å². The zero-order valence-corrected chi connectivity index (χ0v) is 58.6. The van der Waals surface area contributed by atoms with Crippen LogP contribution in [0, 0.1) is 5.92 Å². The molecule has 0 fully saturated rings. The molecule has 0 rings (SSSR count). The SMILES string of the molecule is CCCCCCCCCCCCCCCCCCCCCC(=O)O[C@H](COC(=O)CCCCCCCCCCCCC(C)CC)COP(=O)(O)OC[C@@H](O)COP(=O)(O)OC[C@@H](COC(=O)CCCCCCCCC)OC(=O)CCCCCCCCCC. The highest BCUT2D eigenvalue weighted by Crippen LogP contribution is 2.45. The molecule has 0 saturated heterocycles. The van der Waals surface area contributed by atoms with E-state index in [9.17, 15) is 43.2 Å². The van der Waals surface area contributed by atoms with Crippen molar-refractivity contribution < 1.29 is 80.2 Å². The second-order valence-electron chi connectivity index (χ2n) is 25.2. The van der Waals surface area contributed by atoms with Gasteiger partial charge in [0.15, 0.2) is 12.2 Å². The van der Waals surface area contributed by atoms with Gasteiger partial charge in [-0.1, -0.05) is 304 Å². The summed E-state index contributed by atoms with van der Waals surface area (Å²) in [5.41, 5.74) is 0. The number of esters is 4. The summed E-state index contributed by atoms with van der Waals surface area (Å²) < 4.78 is 68.0. The van der Waals surface area contributed by atoms with Crippen LogP contribution in [-0.4, -0.2) is 96.7 Å². The van der Waals surface area contributed by atoms with Crippen LogP contribution < -0.4 is 0 Å². The van der Waals surface area contributed by atoms with E-state index in [0.717, 1.165) is 115 Å². The van der Waals surface area contributed by atoms with E-state index < -0.39 is 97.5 Å². The highest BCUT2D eigenvalue weighted by molar-refractivity contribution is 7.47. The number of rotatable bonds is 69. The molecule has 19 heteroatoms. The number of aliphatic hydroxyl groups is 1. The molecule has 0 amide bonds. The summed E-state index contributed by atoms with van der Waals surface area (Å²) in [6.45, 7) is 7.20. The Kier molecular flexibility index (Phi) is 61.1. The second kappa shape index (κ2) is 62.5. The fourth-order valence-electron chi connectivity index (χ4n) is 10.4. The average Bonchev–Trinajstić information content (AvgIpc) is 3.55. The van der Waals surface area contributed by atoms with Crippen molar-refractivity contribution in [1.29, 1.82) is 0 Å². The van der Waals surface area contributed by atoms with Gasteiger partial charge in [-0.25, -0.2) is 9.13 Å². The number of carbonyl (C=O) groups is 4. The van der Waals surface area contributed by atoms with Gasteiger partial charge in [-0.05, 0) is 31.6 Å². The summed E-state index contributed by atoms with van der Waals surface area (Å²) in [6.07, 6.45) is 48.8. The molecule has 6 atom stereocenters. The van der Waals surface area contributed by atoms with Crippen molar-refractivity contribution in [1.82, 2.24) is 0 Å². The van der Waals surface area contributed by atoms with Crippen LogP contribution in [0.2, 0.25) is 0 Å². The van der Waals surface area contributed by atoms with E-state index in [1.807, 2.05) is 0 Å². The summed E-state index contributed by atoms with van der Waals surface area (Å²) in [5, 5.41) is 10.5. The summed E-state index contributed by atoms with van der Waals surface area (Å²) in [7, 11) is -9.89. The summed E-state index contributed by atoms with van der Waals surface area (Å²) >= 11 is 0. The van der Waals surface area contributed by atoms with E-state index in [0.29, 0.717) is 25.7 Å². The van der Waals surface area contributed by atoms with Crippen LogP contribution in [0.25, 0.3) is 0 Å². The van der Waals surface area contributed by atoms with Crippen LogP contribution >= 0.6 is 15.6 Å². The largest absolute Gasteiger partial charge is 0.472 e. The maximum atomic E-state index is 13.0. The van der Waals surface area contributed by atoms with Crippen LogP contribution in [0.15, 0.2) is 0 Å². The molecule has 0 aromatic carbocycles. The molecule has 17 nitrogen and oxygen atoms in total. The van der Waals surface area contributed by atoms with E-state index in [1.165, 1.54) is 161 Å². The minimum absolute atomic E-state index is 0.105. The van der Waals surface area contributed by atoms with Gasteiger partial charge in [0.2, 0.25) is 0 Å². The van der Waals surface area contributed by atoms with Gasteiger partial charge in [-0.3, -0.25) is 37.3 Å². The molecular formula is C69H134O17P2. The Morgan fingerprint density at radius 3 is 0.807 bits per heavy atom. The topological polar surface area (TPSA) is 237 Å². The Balaban J connectivity index is 5.16. The van der Waals surface area contributed by atoms with E-state index >= 15 is 0 Å². The van der Waals surface area contributed by atoms with Gasteiger partial charge < -0.3 is 33.8 Å². The molecule has 3 N–H and O–H groups in total. The van der Waals surface area contributed by atoms with Gasteiger partial charge in [-0.2, -0.15) is 0 Å². The van der Waals surface area contributed by atoms with Gasteiger partial charge in [0.25, 0.3) is 0 Å². The van der Waals surface area contributed by atoms with Crippen molar-refractivity contribution in [2.24, 2.45) is 5.92 Å². The second-order valence-corrected chi connectivity index (χ2v) is 28.1. The highest BCUT2D eigenvalue weighted by Gasteiger charge is 2.30. The van der Waals surface area contributed by atoms with Crippen LogP contribution in [0.5, 0.6) is 0 Å². The molecule has 0 bridgehead atoms. The van der Waals surface area contributed by atoms with E-state index in [-0.39, 0.29) is 25.7 Å². The van der Waals surface area contributed by atoms with E-state index in [2.05, 4.69) is 34.6 Å². The summed E-state index contributed by atoms with van der Waals surface area (Å²) in [4.78, 5) is 72.2. The number of phosphoric acid groups is 2. The normalized spacial score (nSPS) is 14.4. The van der Waals surface area contributed by atoms with Crippen LogP contribution in [0.1, 0.15) is 356 Å². The highest BCUT2D eigenvalue weighted by atomic mass is 31.2. The molecule has 88 heavy (non-hydrogen) atoms. The lowest BCUT2D eigenvalue weighted by molar-refractivity contribution is -0.161. The molecular weight excluding hydrogens is 1160 g/mol. The number of phosphoric ester groups is 2. The lowest BCUT2D eigenvalue weighted by Gasteiger charge is -2.21. The van der Waals surface area contributed by atoms with Crippen molar-refractivity contribution >= 4 is 39.5 Å². The van der Waals surface area contributed by atoms with E-state index in [1.54, 1.807) is 0 Å². The van der Waals surface area contributed by atoms with Crippen LogP contribution in [0.4, 0.5) is 0 Å². The Labute approximate surface area is 537 Å². The zero-order valence-electron chi connectivity index (χ0n) is 56.9. The molecule has 0 radical (unpaired) electrons. The molecule has 0 heterocycles. The molecule has 0 spiro atoms. The lowest BCUT2D eigenvalue weighted by Crippen LogP contribution is -2.30. The first-order valence-electron chi connectivity index (χ1n) is 36.2. The molecule has 522 valence electrons. The number of aliphatic hydroxyl groups excluding tert-OH is 1. The average molecular weight is 1300 g/mol. The summed E-state index contributed by atoms with van der Waals surface area (Å²) in [5.74, 6) is -1.32. The predicted octanol–water partition coefficient (Wildman–Crippen LogP) is 19.7. The quantitative estimate of drug-likeness (QED) is 0.0222. The minimum Gasteiger partial charge on any atom is -0.462 e. The van der Waals surface area contributed by atoms with Crippen molar-refractivity contribution in [3.63, 3.8) is 0 Å². The maximum absolute atomic E-state index is 13.0. The zero-order chi connectivity index (χ0) is 64.9. The third-order valence-electron chi connectivity index (χ3n) is 16.4. The van der Waals surface area contributed by atoms with Crippen molar-refractivity contribution in [2.75, 3.05) is 39.6 Å². The lowest BCUT2D eigenvalue weighted by atomic mass is 9.99. The first kappa shape index (κ1) is 86.1. The third kappa shape index (κ3) is 61.6. The molecule has 0 aromatic heterocycles. The summed E-state index contributed by atoms with van der Waals surface area (Å²) in [6, 6.07) is 0. The van der Waals surface area contributed by atoms with Gasteiger partial charge in [-0.15, -0.1) is 0 Å². The minimum atomic E-state index is -4.95. The third-order valence-corrected chi connectivity index (χ3v) is 18.3. The Hall–Kier alpha value is -1.94. The molecule has 0 aromatic rings. The molecule has 0 saturated carbocycles. The van der Waals surface area contributed by atoms with Crippen molar-refractivity contribution in [2.45, 2.75) is 374 Å². The monoisotopic (exact) mass is 1300 g/mol. The fourth-order valence-corrected chi connectivity index (χ4v) is 12.0. The smallest absolute Gasteiger partial charge is 0.462 e. The number of carbonyl (C=O) groups excluding carboxylic acids is 4. The first-order valence-corrected chi connectivity index (χ1v) is 39.2. The molecule has 0 aliphatic rings. The number of hydrogen-bond donors (Lipinski definition) is 3.